The van der Waals surface area contributed by atoms with Gasteiger partial charge in [-0.25, -0.2) is 8.78 Å². The second kappa shape index (κ2) is 6.78. The summed E-state index contributed by atoms with van der Waals surface area (Å²) in [6.45, 7) is 4.28. The maximum absolute atomic E-state index is 13.1. The van der Waals surface area contributed by atoms with Crippen LogP contribution in [0.1, 0.15) is 35.8 Å². The first-order chi connectivity index (χ1) is 9.97. The van der Waals surface area contributed by atoms with Crippen molar-refractivity contribution in [1.82, 2.24) is 5.32 Å². The smallest absolute Gasteiger partial charge is 0.159 e. The fraction of sp³-hybridized carbons (Fsp3) is 0.294. The van der Waals surface area contributed by atoms with Gasteiger partial charge in [-0.05, 0) is 37.1 Å². The Morgan fingerprint density at radius 3 is 2.24 bits per heavy atom. The van der Waals surface area contributed by atoms with Crippen LogP contribution in [0.3, 0.4) is 0 Å². The molecule has 0 bridgehead atoms. The predicted molar refractivity (Wildman–Crippen MR) is 78.9 cm³/mol. The Morgan fingerprint density at radius 1 is 1.00 bits per heavy atom. The van der Waals surface area contributed by atoms with E-state index in [2.05, 4.69) is 5.32 Å². The normalized spacial score (nSPS) is 14.0. The van der Waals surface area contributed by atoms with Gasteiger partial charge in [0.1, 0.15) is 0 Å². The van der Waals surface area contributed by atoms with Crippen LogP contribution in [0.5, 0.6) is 0 Å². The first-order valence-electron chi connectivity index (χ1n) is 6.90. The van der Waals surface area contributed by atoms with Crippen molar-refractivity contribution in [2.75, 3.05) is 6.54 Å². The highest BCUT2D eigenvalue weighted by molar-refractivity contribution is 5.24. The first kappa shape index (κ1) is 15.6. The summed E-state index contributed by atoms with van der Waals surface area (Å²) in [5.41, 5.74) is 2.66. The number of aliphatic hydroxyl groups excluding tert-OH is 1. The summed E-state index contributed by atoms with van der Waals surface area (Å²) >= 11 is 0. The van der Waals surface area contributed by atoms with Crippen molar-refractivity contribution in [3.63, 3.8) is 0 Å². The number of hydrogen-bond donors (Lipinski definition) is 2. The molecule has 0 radical (unpaired) electrons. The van der Waals surface area contributed by atoms with Crippen LogP contribution in [0.15, 0.2) is 42.5 Å². The lowest BCUT2D eigenvalue weighted by atomic mass is 10.1. The molecule has 1 unspecified atom stereocenters. The fourth-order valence-corrected chi connectivity index (χ4v) is 2.10. The van der Waals surface area contributed by atoms with Gasteiger partial charge in [0.25, 0.3) is 0 Å². The van der Waals surface area contributed by atoms with E-state index in [1.165, 1.54) is 11.6 Å². The Bertz CT molecular complexity index is 598. The molecule has 0 heterocycles. The molecule has 0 fully saturated rings. The second-order valence-corrected chi connectivity index (χ2v) is 5.23. The number of aliphatic hydroxyl groups is 1. The molecule has 2 aromatic carbocycles. The van der Waals surface area contributed by atoms with Crippen molar-refractivity contribution < 1.29 is 13.9 Å². The Hall–Kier alpha value is -1.78. The lowest BCUT2D eigenvalue weighted by molar-refractivity contribution is 0.170. The van der Waals surface area contributed by atoms with E-state index in [4.69, 9.17) is 0 Å². The zero-order chi connectivity index (χ0) is 15.4. The number of rotatable bonds is 5. The standard InChI is InChI=1S/C17H19F2NO/c1-11-3-5-13(6-4-11)12(2)20-10-17(21)14-7-8-15(18)16(19)9-14/h3-9,12,17,20-21H,10H2,1-2H3/t12-,17?/m1/s1. The van der Waals surface area contributed by atoms with Crippen molar-refractivity contribution in [1.29, 1.82) is 0 Å². The van der Waals surface area contributed by atoms with Crippen LogP contribution in [-0.2, 0) is 0 Å². The molecular weight excluding hydrogens is 272 g/mol. The number of aryl methyl sites for hydroxylation is 1. The molecule has 0 aliphatic carbocycles. The zero-order valence-electron chi connectivity index (χ0n) is 12.1. The van der Waals surface area contributed by atoms with Crippen molar-refractivity contribution in [2.45, 2.75) is 26.0 Å². The molecule has 4 heteroatoms. The van der Waals surface area contributed by atoms with Crippen molar-refractivity contribution in [3.05, 3.63) is 70.8 Å². The van der Waals surface area contributed by atoms with Gasteiger partial charge in [-0.2, -0.15) is 0 Å². The number of halogens is 2. The molecule has 0 aliphatic heterocycles. The van der Waals surface area contributed by atoms with Gasteiger partial charge in [0.2, 0.25) is 0 Å². The van der Waals surface area contributed by atoms with E-state index in [9.17, 15) is 13.9 Å². The Morgan fingerprint density at radius 2 is 1.62 bits per heavy atom. The highest BCUT2D eigenvalue weighted by Crippen LogP contribution is 2.18. The molecule has 21 heavy (non-hydrogen) atoms. The van der Waals surface area contributed by atoms with Gasteiger partial charge >= 0.3 is 0 Å². The van der Waals surface area contributed by atoms with Crippen LogP contribution in [0.2, 0.25) is 0 Å². The molecule has 0 saturated heterocycles. The summed E-state index contributed by atoms with van der Waals surface area (Å²) in [5, 5.41) is 13.2. The molecule has 2 aromatic rings. The van der Waals surface area contributed by atoms with E-state index in [-0.39, 0.29) is 12.6 Å². The lowest BCUT2D eigenvalue weighted by Gasteiger charge is -2.18. The molecule has 112 valence electrons. The second-order valence-electron chi connectivity index (χ2n) is 5.23. The minimum atomic E-state index is -0.946. The maximum Gasteiger partial charge on any atom is 0.159 e. The quantitative estimate of drug-likeness (QED) is 0.881. The van der Waals surface area contributed by atoms with Gasteiger partial charge in [0, 0.05) is 12.6 Å². The SMILES string of the molecule is Cc1ccc([C@@H](C)NCC(O)c2ccc(F)c(F)c2)cc1. The molecular formula is C17H19F2NO. The molecule has 0 amide bonds. The highest BCUT2D eigenvalue weighted by atomic mass is 19.2. The first-order valence-corrected chi connectivity index (χ1v) is 6.90. The largest absolute Gasteiger partial charge is 0.387 e. The summed E-state index contributed by atoms with van der Waals surface area (Å²) in [7, 11) is 0. The monoisotopic (exact) mass is 291 g/mol. The average molecular weight is 291 g/mol. The van der Waals surface area contributed by atoms with E-state index in [1.807, 2.05) is 38.1 Å². The maximum atomic E-state index is 13.1. The van der Waals surface area contributed by atoms with Crippen molar-refractivity contribution in [3.8, 4) is 0 Å². The van der Waals surface area contributed by atoms with Gasteiger partial charge in [-0.3, -0.25) is 0 Å². The van der Waals surface area contributed by atoms with Crippen LogP contribution in [-0.4, -0.2) is 11.7 Å². The Balaban J connectivity index is 1.95. The van der Waals surface area contributed by atoms with Crippen LogP contribution in [0.25, 0.3) is 0 Å². The summed E-state index contributed by atoms with van der Waals surface area (Å²) in [5.74, 6) is -1.86. The average Bonchev–Trinajstić information content (AvgIpc) is 2.48. The van der Waals surface area contributed by atoms with E-state index in [0.29, 0.717) is 5.56 Å². The molecule has 0 aromatic heterocycles. The molecule has 0 aliphatic rings. The molecule has 0 saturated carbocycles. The molecule has 0 spiro atoms. The van der Waals surface area contributed by atoms with E-state index in [1.54, 1.807) is 0 Å². The number of benzene rings is 2. The van der Waals surface area contributed by atoms with Crippen LogP contribution in [0, 0.1) is 18.6 Å². The number of hydrogen-bond acceptors (Lipinski definition) is 2. The number of nitrogens with one attached hydrogen (secondary N) is 1. The van der Waals surface area contributed by atoms with Gasteiger partial charge in [-0.1, -0.05) is 35.9 Å². The van der Waals surface area contributed by atoms with E-state index in [0.717, 1.165) is 17.7 Å². The van der Waals surface area contributed by atoms with Crippen LogP contribution in [0.4, 0.5) is 8.78 Å². The third kappa shape index (κ3) is 4.09. The predicted octanol–water partition coefficient (Wildman–Crippen LogP) is 3.66. The summed E-state index contributed by atoms with van der Waals surface area (Å²) in [6.07, 6.45) is -0.881. The van der Waals surface area contributed by atoms with Crippen molar-refractivity contribution in [2.24, 2.45) is 0 Å². The molecule has 2 atom stereocenters. The van der Waals surface area contributed by atoms with Gasteiger partial charge in [0.05, 0.1) is 6.10 Å². The fourth-order valence-electron chi connectivity index (χ4n) is 2.10. The molecule has 2 rings (SSSR count). The highest BCUT2D eigenvalue weighted by Gasteiger charge is 2.12. The molecule has 2 nitrogen and oxygen atoms in total. The third-order valence-electron chi connectivity index (χ3n) is 3.52. The minimum absolute atomic E-state index is 0.0607. The van der Waals surface area contributed by atoms with Gasteiger partial charge < -0.3 is 10.4 Å². The van der Waals surface area contributed by atoms with Gasteiger partial charge in [-0.15, -0.1) is 0 Å². The van der Waals surface area contributed by atoms with Crippen LogP contribution >= 0.6 is 0 Å². The third-order valence-corrected chi connectivity index (χ3v) is 3.52. The Labute approximate surface area is 123 Å². The van der Waals surface area contributed by atoms with E-state index >= 15 is 0 Å². The van der Waals surface area contributed by atoms with Crippen molar-refractivity contribution >= 4 is 0 Å². The topological polar surface area (TPSA) is 32.3 Å². The summed E-state index contributed by atoms with van der Waals surface area (Å²) in [6, 6.07) is 11.6. The summed E-state index contributed by atoms with van der Waals surface area (Å²) in [4.78, 5) is 0. The molecule has 2 N–H and O–H groups in total. The zero-order valence-corrected chi connectivity index (χ0v) is 12.1. The summed E-state index contributed by atoms with van der Waals surface area (Å²) < 4.78 is 26.0. The lowest BCUT2D eigenvalue weighted by Crippen LogP contribution is -2.24. The van der Waals surface area contributed by atoms with Crippen LogP contribution < -0.4 is 5.32 Å². The Kier molecular flexibility index (Phi) is 5.04. The van der Waals surface area contributed by atoms with E-state index < -0.39 is 17.7 Å². The van der Waals surface area contributed by atoms with Gasteiger partial charge in [0.15, 0.2) is 11.6 Å². The minimum Gasteiger partial charge on any atom is -0.387 e.